The van der Waals surface area contributed by atoms with Gasteiger partial charge < -0.3 is 19.5 Å². The highest BCUT2D eigenvalue weighted by Crippen LogP contribution is 2.31. The first-order valence-corrected chi connectivity index (χ1v) is 7.16. The van der Waals surface area contributed by atoms with Gasteiger partial charge in [0.15, 0.2) is 17.1 Å². The van der Waals surface area contributed by atoms with Crippen molar-refractivity contribution >= 4 is 29.2 Å². The van der Waals surface area contributed by atoms with Crippen LogP contribution in [0.1, 0.15) is 20.8 Å². The Bertz CT molecular complexity index is 641. The summed E-state index contributed by atoms with van der Waals surface area (Å²) in [6.07, 6.45) is 1.07. The molecule has 0 atom stereocenters. The summed E-state index contributed by atoms with van der Waals surface area (Å²) in [5, 5.41) is 2.67. The fraction of sp³-hybridized carbons (Fsp3) is 0.333. The van der Waals surface area contributed by atoms with Gasteiger partial charge in [0.25, 0.3) is 5.79 Å². The van der Waals surface area contributed by atoms with E-state index in [0.29, 0.717) is 0 Å². The standard InChI is InChI=1S/C15H15ClFNO5/c1-4-21-12-10(16)5-8(6-11(12)17)18-7-9-13(19)22-15(2,3)23-14(9)20/h5-7,18H,4H2,1-3H3. The van der Waals surface area contributed by atoms with Crippen molar-refractivity contribution in [3.05, 3.63) is 34.7 Å². The van der Waals surface area contributed by atoms with E-state index in [2.05, 4.69) is 5.32 Å². The minimum absolute atomic E-state index is 0.0580. The number of esters is 2. The molecule has 124 valence electrons. The quantitative estimate of drug-likeness (QED) is 0.514. The SMILES string of the molecule is CCOc1c(F)cc(NC=C2C(=O)OC(C)(C)OC2=O)cc1Cl. The van der Waals surface area contributed by atoms with Gasteiger partial charge in [-0.15, -0.1) is 0 Å². The zero-order valence-electron chi connectivity index (χ0n) is 12.7. The van der Waals surface area contributed by atoms with Gasteiger partial charge in [0, 0.05) is 31.8 Å². The van der Waals surface area contributed by atoms with Crippen molar-refractivity contribution in [1.82, 2.24) is 0 Å². The maximum Gasteiger partial charge on any atom is 0.350 e. The Morgan fingerprint density at radius 3 is 2.43 bits per heavy atom. The maximum absolute atomic E-state index is 13.9. The molecule has 1 N–H and O–H groups in total. The molecule has 0 amide bonds. The number of benzene rings is 1. The zero-order valence-corrected chi connectivity index (χ0v) is 13.5. The van der Waals surface area contributed by atoms with Crippen LogP contribution in [0.3, 0.4) is 0 Å². The van der Waals surface area contributed by atoms with Crippen LogP contribution in [0.4, 0.5) is 10.1 Å². The van der Waals surface area contributed by atoms with Crippen molar-refractivity contribution in [1.29, 1.82) is 0 Å². The summed E-state index contributed by atoms with van der Waals surface area (Å²) >= 11 is 5.92. The van der Waals surface area contributed by atoms with Gasteiger partial charge in [-0.05, 0) is 13.0 Å². The molecule has 0 aliphatic carbocycles. The second kappa shape index (κ2) is 6.45. The highest BCUT2D eigenvalue weighted by molar-refractivity contribution is 6.32. The Labute approximate surface area is 137 Å². The lowest BCUT2D eigenvalue weighted by atomic mass is 10.2. The van der Waals surface area contributed by atoms with Crippen LogP contribution >= 0.6 is 11.6 Å². The highest BCUT2D eigenvalue weighted by atomic mass is 35.5. The maximum atomic E-state index is 13.9. The van der Waals surface area contributed by atoms with Gasteiger partial charge in [0.05, 0.1) is 11.6 Å². The first-order chi connectivity index (χ1) is 10.7. The van der Waals surface area contributed by atoms with Crippen LogP contribution < -0.4 is 10.1 Å². The topological polar surface area (TPSA) is 73.9 Å². The largest absolute Gasteiger partial charge is 0.489 e. The molecule has 8 heteroatoms. The van der Waals surface area contributed by atoms with E-state index in [0.717, 1.165) is 12.3 Å². The van der Waals surface area contributed by atoms with Crippen molar-refractivity contribution in [2.24, 2.45) is 0 Å². The summed E-state index contributed by atoms with van der Waals surface area (Å²) in [6, 6.07) is 2.52. The van der Waals surface area contributed by atoms with E-state index < -0.39 is 23.5 Å². The number of rotatable bonds is 4. The molecular formula is C15H15ClFNO5. The Morgan fingerprint density at radius 2 is 1.91 bits per heavy atom. The van der Waals surface area contributed by atoms with Crippen molar-refractivity contribution in [2.75, 3.05) is 11.9 Å². The number of ether oxygens (including phenoxy) is 3. The molecule has 0 unspecified atom stereocenters. The van der Waals surface area contributed by atoms with Gasteiger partial charge >= 0.3 is 11.9 Å². The second-order valence-electron chi connectivity index (χ2n) is 5.08. The van der Waals surface area contributed by atoms with E-state index in [-0.39, 0.29) is 28.6 Å². The highest BCUT2D eigenvalue weighted by Gasteiger charge is 2.38. The first-order valence-electron chi connectivity index (χ1n) is 6.78. The number of cyclic esters (lactones) is 2. The average molecular weight is 344 g/mol. The van der Waals surface area contributed by atoms with Crippen molar-refractivity contribution in [3.63, 3.8) is 0 Å². The van der Waals surface area contributed by atoms with Gasteiger partial charge in [0.1, 0.15) is 0 Å². The van der Waals surface area contributed by atoms with Gasteiger partial charge in [-0.3, -0.25) is 0 Å². The number of carbonyl (C=O) groups excluding carboxylic acids is 2. The molecule has 6 nitrogen and oxygen atoms in total. The first kappa shape index (κ1) is 17.1. The third-order valence-electron chi connectivity index (χ3n) is 2.79. The Balaban J connectivity index is 2.20. The summed E-state index contributed by atoms with van der Waals surface area (Å²) in [5.74, 6) is -3.73. The number of nitrogens with one attached hydrogen (secondary N) is 1. The van der Waals surface area contributed by atoms with Crippen molar-refractivity contribution in [3.8, 4) is 5.75 Å². The predicted octanol–water partition coefficient (Wildman–Crippen LogP) is 3.01. The molecule has 1 aliphatic heterocycles. The minimum Gasteiger partial charge on any atom is -0.489 e. The number of anilines is 1. The van der Waals surface area contributed by atoms with Crippen LogP contribution in [-0.4, -0.2) is 24.3 Å². The smallest absolute Gasteiger partial charge is 0.350 e. The van der Waals surface area contributed by atoms with Crippen LogP contribution in [0, 0.1) is 5.82 Å². The summed E-state index contributed by atoms with van der Waals surface area (Å²) in [5.41, 5.74) is -0.108. The van der Waals surface area contributed by atoms with Crippen LogP contribution in [0.5, 0.6) is 5.75 Å². The van der Waals surface area contributed by atoms with Gasteiger partial charge in [0.2, 0.25) is 0 Å². The molecule has 0 aromatic heterocycles. The third kappa shape index (κ3) is 3.92. The van der Waals surface area contributed by atoms with Gasteiger partial charge in [-0.25, -0.2) is 14.0 Å². The van der Waals surface area contributed by atoms with Crippen molar-refractivity contribution in [2.45, 2.75) is 26.6 Å². The third-order valence-corrected chi connectivity index (χ3v) is 3.07. The van der Waals surface area contributed by atoms with E-state index in [1.807, 2.05) is 0 Å². The molecular weight excluding hydrogens is 329 g/mol. The fourth-order valence-electron chi connectivity index (χ4n) is 1.86. The molecule has 0 spiro atoms. The zero-order chi connectivity index (χ0) is 17.2. The summed E-state index contributed by atoms with van der Waals surface area (Å²) in [4.78, 5) is 23.5. The molecule has 2 rings (SSSR count). The van der Waals surface area contributed by atoms with Crippen LogP contribution in [0.25, 0.3) is 0 Å². The Kier molecular flexibility index (Phi) is 4.79. The molecule has 1 aromatic carbocycles. The second-order valence-corrected chi connectivity index (χ2v) is 5.49. The molecule has 1 aliphatic rings. The number of hydrogen-bond acceptors (Lipinski definition) is 6. The Morgan fingerprint density at radius 1 is 1.30 bits per heavy atom. The van der Waals surface area contributed by atoms with Crippen LogP contribution in [-0.2, 0) is 19.1 Å². The molecule has 23 heavy (non-hydrogen) atoms. The monoisotopic (exact) mass is 343 g/mol. The summed E-state index contributed by atoms with van der Waals surface area (Å²) in [6.45, 7) is 4.85. The van der Waals surface area contributed by atoms with E-state index in [1.165, 1.54) is 19.9 Å². The van der Waals surface area contributed by atoms with Crippen molar-refractivity contribution < 1.29 is 28.2 Å². The molecule has 1 fully saturated rings. The number of hydrogen-bond donors (Lipinski definition) is 1. The van der Waals surface area contributed by atoms with E-state index in [9.17, 15) is 14.0 Å². The molecule has 1 saturated heterocycles. The molecule has 0 saturated carbocycles. The number of halogens is 2. The summed E-state index contributed by atoms with van der Waals surface area (Å²) in [7, 11) is 0. The molecule has 1 aromatic rings. The van der Waals surface area contributed by atoms with Gasteiger partial charge in [-0.1, -0.05) is 11.6 Å². The molecule has 0 radical (unpaired) electrons. The normalized spacial score (nSPS) is 16.5. The van der Waals surface area contributed by atoms with Crippen LogP contribution in [0.15, 0.2) is 23.9 Å². The van der Waals surface area contributed by atoms with E-state index in [4.69, 9.17) is 25.8 Å². The lowest BCUT2D eigenvalue weighted by molar-refractivity contribution is -0.222. The summed E-state index contributed by atoms with van der Waals surface area (Å²) < 4.78 is 28.8. The lowest BCUT2D eigenvalue weighted by Crippen LogP contribution is -2.42. The predicted molar refractivity (Wildman–Crippen MR) is 80.5 cm³/mol. The average Bonchev–Trinajstić information content (AvgIpc) is 2.40. The minimum atomic E-state index is -1.32. The van der Waals surface area contributed by atoms with E-state index in [1.54, 1.807) is 6.92 Å². The molecule has 0 bridgehead atoms. The number of carbonyl (C=O) groups is 2. The van der Waals surface area contributed by atoms with Gasteiger partial charge in [-0.2, -0.15) is 0 Å². The molecule has 1 heterocycles. The Hall–Kier alpha value is -2.28. The van der Waals surface area contributed by atoms with Crippen LogP contribution in [0.2, 0.25) is 5.02 Å². The van der Waals surface area contributed by atoms with E-state index >= 15 is 0 Å². The fourth-order valence-corrected chi connectivity index (χ4v) is 2.12. The lowest BCUT2D eigenvalue weighted by Gasteiger charge is -2.29.